The number of carboxylic acid groups (broad SMARTS) is 1. The summed E-state index contributed by atoms with van der Waals surface area (Å²) in [6.45, 7) is 2.13. The summed E-state index contributed by atoms with van der Waals surface area (Å²) >= 11 is 0. The van der Waals surface area contributed by atoms with Crippen molar-refractivity contribution < 1.29 is 19.4 Å². The van der Waals surface area contributed by atoms with Crippen LogP contribution in [0.5, 0.6) is 5.75 Å². The lowest BCUT2D eigenvalue weighted by Gasteiger charge is -2.07. The fraction of sp³-hybridized carbons (Fsp3) is 0.130. The zero-order valence-corrected chi connectivity index (χ0v) is 15.5. The van der Waals surface area contributed by atoms with Crippen LogP contribution in [-0.2, 0) is 11.3 Å². The average molecular weight is 375 g/mol. The van der Waals surface area contributed by atoms with Crippen molar-refractivity contribution in [1.29, 1.82) is 0 Å². The number of carboxylic acids is 1. The lowest BCUT2D eigenvalue weighted by molar-refractivity contribution is -0.139. The number of aromatic nitrogens is 1. The minimum Gasteiger partial charge on any atom is -0.482 e. The quantitative estimate of drug-likeness (QED) is 0.599. The summed E-state index contributed by atoms with van der Waals surface area (Å²) in [5, 5.41) is 8.69. The van der Waals surface area contributed by atoms with E-state index in [1.165, 1.54) is 0 Å². The van der Waals surface area contributed by atoms with E-state index in [-0.39, 0.29) is 12.4 Å². The average Bonchev–Trinajstić information content (AvgIpc) is 3.14. The highest BCUT2D eigenvalue weighted by atomic mass is 16.5. The molecule has 5 nitrogen and oxygen atoms in total. The summed E-state index contributed by atoms with van der Waals surface area (Å²) < 4.78 is 7.08. The highest BCUT2D eigenvalue weighted by Gasteiger charge is 2.12. The first-order valence-corrected chi connectivity index (χ1v) is 8.90. The molecule has 1 N–H and O–H groups in total. The van der Waals surface area contributed by atoms with Gasteiger partial charge in [0.05, 0.1) is 5.69 Å². The fourth-order valence-corrected chi connectivity index (χ4v) is 2.87. The Balaban J connectivity index is 1.69. The second-order valence-corrected chi connectivity index (χ2v) is 6.40. The Bertz CT molecular complexity index is 1020. The van der Waals surface area contributed by atoms with Gasteiger partial charge in [0.15, 0.2) is 6.61 Å². The molecule has 3 aromatic rings. The maximum atomic E-state index is 12.8. The Hall–Kier alpha value is -3.60. The maximum Gasteiger partial charge on any atom is 0.341 e. The summed E-state index contributed by atoms with van der Waals surface area (Å²) in [5.41, 5.74) is 3.25. The van der Waals surface area contributed by atoms with E-state index in [0.717, 1.165) is 11.1 Å². The van der Waals surface area contributed by atoms with Gasteiger partial charge in [0.1, 0.15) is 5.75 Å². The number of ether oxygens (including phenoxy) is 1. The molecule has 0 bridgehead atoms. The molecule has 0 saturated carbocycles. The largest absolute Gasteiger partial charge is 0.482 e. The number of carbonyl (C=O) groups excluding carboxylic acids is 1. The van der Waals surface area contributed by atoms with Crippen molar-refractivity contribution in [2.24, 2.45) is 0 Å². The van der Waals surface area contributed by atoms with Gasteiger partial charge in [0.25, 0.3) is 0 Å². The topological polar surface area (TPSA) is 68.5 Å². The van der Waals surface area contributed by atoms with Gasteiger partial charge in [0, 0.05) is 18.3 Å². The Kier molecular flexibility index (Phi) is 6.07. The van der Waals surface area contributed by atoms with Crippen molar-refractivity contribution in [1.82, 2.24) is 4.57 Å². The molecule has 3 rings (SSSR count). The molecule has 2 aromatic carbocycles. The van der Waals surface area contributed by atoms with Gasteiger partial charge < -0.3 is 14.4 Å². The molecule has 5 heteroatoms. The van der Waals surface area contributed by atoms with Crippen LogP contribution in [0.25, 0.3) is 6.08 Å². The number of hydrogen-bond acceptors (Lipinski definition) is 3. The Morgan fingerprint density at radius 3 is 2.68 bits per heavy atom. The second-order valence-electron chi connectivity index (χ2n) is 6.40. The molecule has 0 spiro atoms. The minimum absolute atomic E-state index is 0.00818. The van der Waals surface area contributed by atoms with E-state index in [1.54, 1.807) is 18.2 Å². The van der Waals surface area contributed by atoms with Crippen LogP contribution >= 0.6 is 0 Å². The SMILES string of the molecule is Cc1cccc(C(=O)c2cccn2C/C=C/c2cccc(OCC(=O)O)c2)c1. The smallest absolute Gasteiger partial charge is 0.341 e. The summed E-state index contributed by atoms with van der Waals surface area (Å²) in [4.78, 5) is 23.4. The lowest BCUT2D eigenvalue weighted by Crippen LogP contribution is -2.09. The van der Waals surface area contributed by atoms with Crippen LogP contribution in [0, 0.1) is 6.92 Å². The van der Waals surface area contributed by atoms with E-state index in [0.29, 0.717) is 23.6 Å². The zero-order valence-electron chi connectivity index (χ0n) is 15.5. The van der Waals surface area contributed by atoms with Crippen LogP contribution in [0.15, 0.2) is 72.9 Å². The Morgan fingerprint density at radius 1 is 1.07 bits per heavy atom. The zero-order chi connectivity index (χ0) is 19.9. The normalized spacial score (nSPS) is 10.9. The van der Waals surface area contributed by atoms with Gasteiger partial charge in [0.2, 0.25) is 5.78 Å². The van der Waals surface area contributed by atoms with Crippen LogP contribution in [0.2, 0.25) is 0 Å². The van der Waals surface area contributed by atoms with Crippen molar-refractivity contribution in [2.45, 2.75) is 13.5 Å². The number of rotatable bonds is 8. The van der Waals surface area contributed by atoms with E-state index in [2.05, 4.69) is 0 Å². The summed E-state index contributed by atoms with van der Waals surface area (Å²) in [6, 6.07) is 18.4. The fourth-order valence-electron chi connectivity index (χ4n) is 2.87. The van der Waals surface area contributed by atoms with Gasteiger partial charge >= 0.3 is 5.97 Å². The molecule has 0 radical (unpaired) electrons. The van der Waals surface area contributed by atoms with E-state index < -0.39 is 5.97 Å². The number of carbonyl (C=O) groups is 2. The van der Waals surface area contributed by atoms with Crippen molar-refractivity contribution in [2.75, 3.05) is 6.61 Å². The molecule has 0 unspecified atom stereocenters. The van der Waals surface area contributed by atoms with E-state index in [4.69, 9.17) is 9.84 Å². The first-order valence-electron chi connectivity index (χ1n) is 8.90. The number of aryl methyl sites for hydroxylation is 1. The van der Waals surface area contributed by atoms with Gasteiger partial charge in [-0.3, -0.25) is 4.79 Å². The van der Waals surface area contributed by atoms with Crippen LogP contribution < -0.4 is 4.74 Å². The Labute approximate surface area is 163 Å². The molecule has 0 aliphatic carbocycles. The third-order valence-electron chi connectivity index (χ3n) is 4.18. The predicted octanol–water partition coefficient (Wildman–Crippen LogP) is 4.20. The maximum absolute atomic E-state index is 12.8. The molecule has 1 heterocycles. The molecule has 1 aromatic heterocycles. The van der Waals surface area contributed by atoms with Gasteiger partial charge in [-0.1, -0.05) is 48.0 Å². The minimum atomic E-state index is -1.01. The molecular formula is C23H21NO4. The number of hydrogen-bond donors (Lipinski definition) is 1. The van der Waals surface area contributed by atoms with Crippen molar-refractivity contribution in [3.8, 4) is 5.75 Å². The number of allylic oxidation sites excluding steroid dienone is 1. The number of ketones is 1. The van der Waals surface area contributed by atoms with Gasteiger partial charge in [-0.05, 0) is 42.8 Å². The molecule has 0 aliphatic rings. The molecule has 0 fully saturated rings. The van der Waals surface area contributed by atoms with Crippen LogP contribution in [0.3, 0.4) is 0 Å². The summed E-state index contributed by atoms with van der Waals surface area (Å²) in [5.74, 6) is -0.522. The molecule has 0 aliphatic heterocycles. The summed E-state index contributed by atoms with van der Waals surface area (Å²) in [6.07, 6.45) is 5.73. The molecule has 0 amide bonds. The monoisotopic (exact) mass is 375 g/mol. The van der Waals surface area contributed by atoms with Crippen LogP contribution in [0.1, 0.15) is 27.2 Å². The molecule has 142 valence electrons. The predicted molar refractivity (Wildman–Crippen MR) is 108 cm³/mol. The van der Waals surface area contributed by atoms with Gasteiger partial charge in [-0.25, -0.2) is 4.79 Å². The lowest BCUT2D eigenvalue weighted by atomic mass is 10.1. The molecule has 0 saturated heterocycles. The third kappa shape index (κ3) is 4.98. The highest BCUT2D eigenvalue weighted by molar-refractivity contribution is 6.08. The third-order valence-corrected chi connectivity index (χ3v) is 4.18. The Morgan fingerprint density at radius 2 is 1.89 bits per heavy atom. The molecule has 28 heavy (non-hydrogen) atoms. The highest BCUT2D eigenvalue weighted by Crippen LogP contribution is 2.16. The molecule has 0 atom stereocenters. The van der Waals surface area contributed by atoms with E-state index in [9.17, 15) is 9.59 Å². The number of aliphatic carboxylic acids is 1. The first-order chi connectivity index (χ1) is 13.5. The summed E-state index contributed by atoms with van der Waals surface area (Å²) in [7, 11) is 0. The van der Waals surface area contributed by atoms with Crippen molar-refractivity contribution in [3.63, 3.8) is 0 Å². The number of nitrogens with zero attached hydrogens (tertiary/aromatic N) is 1. The van der Waals surface area contributed by atoms with Gasteiger partial charge in [-0.15, -0.1) is 0 Å². The molecular weight excluding hydrogens is 354 g/mol. The van der Waals surface area contributed by atoms with Crippen LogP contribution in [-0.4, -0.2) is 28.0 Å². The van der Waals surface area contributed by atoms with Crippen molar-refractivity contribution >= 4 is 17.8 Å². The van der Waals surface area contributed by atoms with Crippen LogP contribution in [0.4, 0.5) is 0 Å². The van der Waals surface area contributed by atoms with E-state index in [1.807, 2.05) is 72.3 Å². The number of benzene rings is 2. The standard InChI is InChI=1S/C23H21NO4/c1-17-6-2-9-19(14-17)23(27)21-11-5-13-24(21)12-4-8-18-7-3-10-20(15-18)28-16-22(25)26/h2-11,13-15H,12,16H2,1H3,(H,25,26)/b8-4+. The van der Waals surface area contributed by atoms with E-state index >= 15 is 0 Å². The second kappa shape index (κ2) is 8.86. The van der Waals surface area contributed by atoms with Crippen molar-refractivity contribution in [3.05, 3.63) is 95.3 Å². The first kappa shape index (κ1) is 19.2. The van der Waals surface area contributed by atoms with Gasteiger partial charge in [-0.2, -0.15) is 0 Å².